The van der Waals surface area contributed by atoms with Gasteiger partial charge >= 0.3 is 5.97 Å². The van der Waals surface area contributed by atoms with Crippen molar-refractivity contribution in [2.45, 2.75) is 13.3 Å². The minimum atomic E-state index is -3.70. The first kappa shape index (κ1) is 25.5. The monoisotopic (exact) mass is 467 g/mol. The van der Waals surface area contributed by atoms with E-state index in [4.69, 9.17) is 5.11 Å². The summed E-state index contributed by atoms with van der Waals surface area (Å²) >= 11 is 0. The van der Waals surface area contributed by atoms with Crippen molar-refractivity contribution in [2.24, 2.45) is 5.92 Å². The average molecular weight is 468 g/mol. The first-order valence-electron chi connectivity index (χ1n) is 9.06. The number of likely N-dealkylation sites (tertiary alicyclic amines) is 1. The summed E-state index contributed by atoms with van der Waals surface area (Å²) in [5.74, 6) is -2.65. The topological polar surface area (TPSA) is 98.2 Å². The molecule has 1 unspecified atom stereocenters. The predicted octanol–water partition coefficient (Wildman–Crippen LogP) is 1.22. The number of hydrogen-bond donors (Lipinski definition) is 1. The second-order valence-electron chi connectivity index (χ2n) is 7.14. The van der Waals surface area contributed by atoms with E-state index in [1.165, 1.54) is 9.21 Å². The number of aryl methyl sites for hydroxylation is 1. The molecule has 11 heteroatoms. The number of piperazine rings is 1. The van der Waals surface area contributed by atoms with Gasteiger partial charge in [0.05, 0.1) is 5.92 Å². The number of amides is 1. The van der Waals surface area contributed by atoms with E-state index in [0.29, 0.717) is 39.1 Å². The highest BCUT2D eigenvalue weighted by Crippen LogP contribution is 2.20. The van der Waals surface area contributed by atoms with Gasteiger partial charge in [-0.15, -0.1) is 24.8 Å². The van der Waals surface area contributed by atoms with Gasteiger partial charge in [0.25, 0.3) is 0 Å². The number of carbonyl (C=O) groups is 2. The summed E-state index contributed by atoms with van der Waals surface area (Å²) in [4.78, 5) is 26.8. The van der Waals surface area contributed by atoms with Crippen LogP contribution in [0.15, 0.2) is 24.3 Å². The minimum Gasteiger partial charge on any atom is -0.481 e. The van der Waals surface area contributed by atoms with Gasteiger partial charge in [0, 0.05) is 45.0 Å². The van der Waals surface area contributed by atoms with Crippen LogP contribution in [0.1, 0.15) is 12.0 Å². The predicted molar refractivity (Wildman–Crippen MR) is 116 cm³/mol. The molecule has 1 amide bonds. The van der Waals surface area contributed by atoms with E-state index < -0.39 is 33.6 Å². The van der Waals surface area contributed by atoms with Crippen LogP contribution in [0.25, 0.3) is 0 Å². The molecule has 0 aliphatic carbocycles. The van der Waals surface area contributed by atoms with Gasteiger partial charge in [-0.05, 0) is 31.0 Å². The van der Waals surface area contributed by atoms with Crippen molar-refractivity contribution in [1.82, 2.24) is 9.21 Å². The van der Waals surface area contributed by atoms with E-state index in [1.54, 1.807) is 0 Å². The highest BCUT2D eigenvalue weighted by Gasteiger charge is 2.35. The number of sulfonamides is 1. The maximum Gasteiger partial charge on any atom is 0.308 e. The third kappa shape index (κ3) is 6.21. The van der Waals surface area contributed by atoms with Crippen LogP contribution in [0.3, 0.4) is 0 Å². The molecule has 0 saturated carbocycles. The van der Waals surface area contributed by atoms with Crippen LogP contribution in [0, 0.1) is 12.8 Å². The molecule has 2 fully saturated rings. The lowest BCUT2D eigenvalue weighted by Gasteiger charge is -2.35. The van der Waals surface area contributed by atoms with Crippen LogP contribution < -0.4 is 4.90 Å². The van der Waals surface area contributed by atoms with Gasteiger partial charge in [0.1, 0.15) is 5.75 Å². The molecule has 1 aromatic rings. The number of rotatable bonds is 5. The zero-order valence-corrected chi connectivity index (χ0v) is 18.6. The molecular formula is C18H27Cl2N3O5S. The average Bonchev–Trinajstić information content (AvgIpc) is 3.12. The fourth-order valence-corrected chi connectivity index (χ4v) is 4.97. The molecule has 0 spiro atoms. The molecule has 2 aliphatic rings. The summed E-state index contributed by atoms with van der Waals surface area (Å²) in [5.41, 5.74) is 2.22. The first-order valence-corrected chi connectivity index (χ1v) is 10.7. The van der Waals surface area contributed by atoms with Gasteiger partial charge < -0.3 is 14.9 Å². The van der Waals surface area contributed by atoms with Crippen LogP contribution in [0.5, 0.6) is 0 Å². The maximum atomic E-state index is 12.6. The van der Waals surface area contributed by atoms with E-state index in [0.717, 1.165) is 11.3 Å². The second-order valence-corrected chi connectivity index (χ2v) is 9.11. The molecule has 3 rings (SSSR count). The normalized spacial score (nSPS) is 20.0. The van der Waals surface area contributed by atoms with Crippen molar-refractivity contribution in [3.63, 3.8) is 0 Å². The van der Waals surface area contributed by atoms with Crippen molar-refractivity contribution < 1.29 is 23.1 Å². The molecule has 2 heterocycles. The van der Waals surface area contributed by atoms with Crippen LogP contribution in [0.2, 0.25) is 0 Å². The number of anilines is 1. The summed E-state index contributed by atoms with van der Waals surface area (Å²) in [6.45, 7) is 4.21. The van der Waals surface area contributed by atoms with Crippen molar-refractivity contribution in [3.8, 4) is 0 Å². The van der Waals surface area contributed by atoms with Crippen molar-refractivity contribution in [2.75, 3.05) is 49.9 Å². The van der Waals surface area contributed by atoms with Gasteiger partial charge in [0.15, 0.2) is 0 Å². The molecule has 2 saturated heterocycles. The fraction of sp³-hybridized carbons (Fsp3) is 0.556. The van der Waals surface area contributed by atoms with Gasteiger partial charge in [-0.1, -0.05) is 12.1 Å². The maximum absolute atomic E-state index is 12.6. The SMILES string of the molecule is Cc1cccc(N2CCN(S(=O)(=O)CC(=O)N3CCC(C(=O)O)C3)CC2)c1.Cl.Cl. The number of nitrogens with zero attached hydrogens (tertiary/aromatic N) is 3. The number of hydrogen-bond acceptors (Lipinski definition) is 5. The molecule has 29 heavy (non-hydrogen) atoms. The number of carboxylic acids is 1. The zero-order valence-electron chi connectivity index (χ0n) is 16.2. The summed E-state index contributed by atoms with van der Waals surface area (Å²) in [5, 5.41) is 9.02. The molecule has 2 aliphatic heterocycles. The lowest BCUT2D eigenvalue weighted by Crippen LogP contribution is -2.50. The van der Waals surface area contributed by atoms with Crippen LogP contribution in [-0.4, -0.2) is 79.6 Å². The Balaban J connectivity index is 0.00000210. The fourth-order valence-electron chi connectivity index (χ4n) is 3.58. The molecule has 1 atom stereocenters. The Morgan fingerprint density at radius 1 is 1.10 bits per heavy atom. The van der Waals surface area contributed by atoms with Gasteiger partial charge in [-0.2, -0.15) is 4.31 Å². The molecular weight excluding hydrogens is 441 g/mol. The standard InChI is InChI=1S/C18H25N3O5S.2ClH/c1-14-3-2-4-16(11-14)19-7-9-21(10-8-19)27(25,26)13-17(22)20-6-5-15(12-20)18(23)24;;/h2-4,11,15H,5-10,12-13H2,1H3,(H,23,24);2*1H. The van der Waals surface area contributed by atoms with E-state index in [2.05, 4.69) is 11.0 Å². The Kier molecular flexibility index (Phi) is 9.20. The Morgan fingerprint density at radius 3 is 2.31 bits per heavy atom. The summed E-state index contributed by atoms with van der Waals surface area (Å²) < 4.78 is 26.6. The number of halogens is 2. The van der Waals surface area contributed by atoms with Crippen LogP contribution in [0.4, 0.5) is 5.69 Å². The van der Waals surface area contributed by atoms with Crippen LogP contribution >= 0.6 is 24.8 Å². The molecule has 1 N–H and O–H groups in total. The van der Waals surface area contributed by atoms with Gasteiger partial charge in [-0.3, -0.25) is 9.59 Å². The Labute approximate surface area is 183 Å². The van der Waals surface area contributed by atoms with E-state index in [1.807, 2.05) is 25.1 Å². The Bertz CT molecular complexity index is 829. The molecule has 0 aromatic heterocycles. The molecule has 8 nitrogen and oxygen atoms in total. The number of benzene rings is 1. The van der Waals surface area contributed by atoms with Crippen LogP contribution in [-0.2, 0) is 19.6 Å². The molecule has 164 valence electrons. The van der Waals surface area contributed by atoms with E-state index >= 15 is 0 Å². The van der Waals surface area contributed by atoms with Crippen molar-refractivity contribution in [3.05, 3.63) is 29.8 Å². The van der Waals surface area contributed by atoms with Crippen molar-refractivity contribution in [1.29, 1.82) is 0 Å². The molecule has 0 radical (unpaired) electrons. The third-order valence-corrected chi connectivity index (χ3v) is 6.96. The zero-order chi connectivity index (χ0) is 19.6. The second kappa shape index (κ2) is 10.5. The molecule has 1 aromatic carbocycles. The molecule has 0 bridgehead atoms. The summed E-state index contributed by atoms with van der Waals surface area (Å²) in [7, 11) is -3.70. The smallest absolute Gasteiger partial charge is 0.308 e. The number of carbonyl (C=O) groups excluding carboxylic acids is 1. The van der Waals surface area contributed by atoms with E-state index in [-0.39, 0.29) is 31.4 Å². The first-order chi connectivity index (χ1) is 12.8. The Morgan fingerprint density at radius 2 is 1.76 bits per heavy atom. The Hall–Kier alpha value is -1.55. The highest BCUT2D eigenvalue weighted by atomic mass is 35.5. The number of carboxylic acid groups (broad SMARTS) is 1. The van der Waals surface area contributed by atoms with Crippen molar-refractivity contribution >= 4 is 52.4 Å². The minimum absolute atomic E-state index is 0. The van der Waals surface area contributed by atoms with Gasteiger partial charge in [0.2, 0.25) is 15.9 Å². The highest BCUT2D eigenvalue weighted by molar-refractivity contribution is 7.89. The van der Waals surface area contributed by atoms with E-state index in [9.17, 15) is 18.0 Å². The van der Waals surface area contributed by atoms with Gasteiger partial charge in [-0.25, -0.2) is 8.42 Å². The largest absolute Gasteiger partial charge is 0.481 e. The summed E-state index contributed by atoms with van der Waals surface area (Å²) in [6, 6.07) is 8.07. The lowest BCUT2D eigenvalue weighted by atomic mass is 10.1. The third-order valence-electron chi connectivity index (χ3n) is 5.19. The lowest BCUT2D eigenvalue weighted by molar-refractivity contribution is -0.141. The summed E-state index contributed by atoms with van der Waals surface area (Å²) in [6.07, 6.45) is 0.371. The quantitative estimate of drug-likeness (QED) is 0.698. The number of aliphatic carboxylic acids is 1.